The van der Waals surface area contributed by atoms with E-state index in [1.54, 1.807) is 17.0 Å². The van der Waals surface area contributed by atoms with Crippen LogP contribution in [0.5, 0.6) is 0 Å². The Morgan fingerprint density at radius 2 is 1.83 bits per heavy atom. The molecule has 4 rings (SSSR count). The van der Waals surface area contributed by atoms with Gasteiger partial charge in [-0.25, -0.2) is 0 Å². The quantitative estimate of drug-likeness (QED) is 0.710. The van der Waals surface area contributed by atoms with Gasteiger partial charge in [0.15, 0.2) is 0 Å². The van der Waals surface area contributed by atoms with Gasteiger partial charge >= 0.3 is 5.97 Å². The minimum atomic E-state index is -0.982. The zero-order valence-electron chi connectivity index (χ0n) is 15.9. The summed E-state index contributed by atoms with van der Waals surface area (Å²) in [6, 6.07) is 16.8. The van der Waals surface area contributed by atoms with E-state index in [9.17, 15) is 14.4 Å². The van der Waals surface area contributed by atoms with Crippen LogP contribution in [0.2, 0.25) is 0 Å². The maximum absolute atomic E-state index is 12.6. The van der Waals surface area contributed by atoms with E-state index in [0.717, 1.165) is 23.4 Å². The summed E-state index contributed by atoms with van der Waals surface area (Å²) in [5, 5.41) is 2.90. The Bertz CT molecular complexity index is 914. The second kappa shape index (κ2) is 8.69. The number of hydrogen-bond donors (Lipinski definition) is 1. The van der Waals surface area contributed by atoms with Crippen LogP contribution in [0.1, 0.15) is 30.9 Å². The van der Waals surface area contributed by atoms with Crippen LogP contribution in [-0.2, 0) is 19.1 Å². The SMILES string of the molecule is O=C(CCN1C(=O)CSc2ccccc21)O[C@@H](C(=O)NC1CC1)c1ccccc1. The normalized spacial score (nSPS) is 16.7. The van der Waals surface area contributed by atoms with E-state index in [4.69, 9.17) is 4.74 Å². The monoisotopic (exact) mass is 410 g/mol. The van der Waals surface area contributed by atoms with E-state index < -0.39 is 12.1 Å². The van der Waals surface area contributed by atoms with Gasteiger partial charge < -0.3 is 15.0 Å². The second-order valence-electron chi connectivity index (χ2n) is 7.12. The number of esters is 1. The molecule has 0 bridgehead atoms. The molecule has 150 valence electrons. The van der Waals surface area contributed by atoms with Gasteiger partial charge in [-0.2, -0.15) is 0 Å². The number of carbonyl (C=O) groups excluding carboxylic acids is 3. The molecule has 6 nitrogen and oxygen atoms in total. The largest absolute Gasteiger partial charge is 0.447 e. The molecule has 2 aliphatic rings. The molecular weight excluding hydrogens is 388 g/mol. The van der Waals surface area contributed by atoms with Gasteiger partial charge in [0, 0.05) is 23.0 Å². The van der Waals surface area contributed by atoms with Crippen LogP contribution in [0.4, 0.5) is 5.69 Å². The fourth-order valence-electron chi connectivity index (χ4n) is 3.20. The number of para-hydroxylation sites is 1. The molecule has 1 N–H and O–H groups in total. The Morgan fingerprint density at radius 1 is 1.10 bits per heavy atom. The highest BCUT2D eigenvalue weighted by molar-refractivity contribution is 8.00. The zero-order valence-corrected chi connectivity index (χ0v) is 16.7. The molecule has 0 spiro atoms. The van der Waals surface area contributed by atoms with Crippen LogP contribution in [0, 0.1) is 0 Å². The number of amides is 2. The average molecular weight is 410 g/mol. The maximum atomic E-state index is 12.6. The van der Waals surface area contributed by atoms with Crippen LogP contribution in [0.25, 0.3) is 0 Å². The number of fused-ring (bicyclic) bond motifs is 1. The summed E-state index contributed by atoms with van der Waals surface area (Å²) in [6.45, 7) is 0.223. The summed E-state index contributed by atoms with van der Waals surface area (Å²) in [6.07, 6.45) is 0.945. The third-order valence-electron chi connectivity index (χ3n) is 4.86. The summed E-state index contributed by atoms with van der Waals surface area (Å²) in [7, 11) is 0. The van der Waals surface area contributed by atoms with Gasteiger partial charge in [-0.15, -0.1) is 11.8 Å². The van der Waals surface area contributed by atoms with Crippen molar-refractivity contribution in [3.05, 3.63) is 60.2 Å². The molecule has 1 fully saturated rings. The number of carbonyl (C=O) groups is 3. The lowest BCUT2D eigenvalue weighted by atomic mass is 10.1. The lowest BCUT2D eigenvalue weighted by Gasteiger charge is -2.28. The molecule has 0 saturated heterocycles. The van der Waals surface area contributed by atoms with Crippen molar-refractivity contribution in [3.8, 4) is 0 Å². The molecule has 2 aromatic rings. The molecule has 1 aliphatic heterocycles. The summed E-state index contributed by atoms with van der Waals surface area (Å²) >= 11 is 1.50. The lowest BCUT2D eigenvalue weighted by molar-refractivity contribution is -0.156. The summed E-state index contributed by atoms with van der Waals surface area (Å²) < 4.78 is 5.55. The van der Waals surface area contributed by atoms with E-state index >= 15 is 0 Å². The minimum absolute atomic E-state index is 0.0186. The van der Waals surface area contributed by atoms with E-state index in [0.29, 0.717) is 11.3 Å². The topological polar surface area (TPSA) is 75.7 Å². The van der Waals surface area contributed by atoms with Gasteiger partial charge in [-0.05, 0) is 25.0 Å². The third-order valence-corrected chi connectivity index (χ3v) is 5.91. The van der Waals surface area contributed by atoms with E-state index in [-0.39, 0.29) is 30.8 Å². The van der Waals surface area contributed by atoms with Gasteiger partial charge in [0.2, 0.25) is 12.0 Å². The highest BCUT2D eigenvalue weighted by atomic mass is 32.2. The van der Waals surface area contributed by atoms with Crippen LogP contribution in [0.3, 0.4) is 0 Å². The van der Waals surface area contributed by atoms with E-state index in [2.05, 4.69) is 5.32 Å². The highest BCUT2D eigenvalue weighted by Crippen LogP contribution is 2.35. The van der Waals surface area contributed by atoms with E-state index in [1.165, 1.54) is 11.8 Å². The number of anilines is 1. The molecule has 0 aromatic heterocycles. The number of benzene rings is 2. The summed E-state index contributed by atoms with van der Waals surface area (Å²) in [4.78, 5) is 40.1. The van der Waals surface area contributed by atoms with Crippen molar-refractivity contribution in [3.63, 3.8) is 0 Å². The van der Waals surface area contributed by atoms with Crippen molar-refractivity contribution >= 4 is 35.2 Å². The number of rotatable bonds is 7. The Balaban J connectivity index is 1.42. The molecule has 29 heavy (non-hydrogen) atoms. The Kier molecular flexibility index (Phi) is 5.85. The molecule has 1 heterocycles. The highest BCUT2D eigenvalue weighted by Gasteiger charge is 2.31. The number of hydrogen-bond acceptors (Lipinski definition) is 5. The lowest BCUT2D eigenvalue weighted by Crippen LogP contribution is -2.38. The van der Waals surface area contributed by atoms with Crippen molar-refractivity contribution in [2.45, 2.75) is 36.3 Å². The van der Waals surface area contributed by atoms with Gasteiger partial charge in [0.1, 0.15) is 0 Å². The van der Waals surface area contributed by atoms with E-state index in [1.807, 2.05) is 42.5 Å². The number of nitrogens with one attached hydrogen (secondary N) is 1. The van der Waals surface area contributed by atoms with Crippen molar-refractivity contribution in [1.29, 1.82) is 0 Å². The predicted octanol–water partition coefficient (Wildman–Crippen LogP) is 3.08. The summed E-state index contributed by atoms with van der Waals surface area (Å²) in [5.41, 5.74) is 1.45. The van der Waals surface area contributed by atoms with Gasteiger partial charge in [-0.3, -0.25) is 14.4 Å². The molecule has 0 unspecified atom stereocenters. The smallest absolute Gasteiger partial charge is 0.308 e. The molecule has 1 aliphatic carbocycles. The first-order chi connectivity index (χ1) is 14.1. The fourth-order valence-corrected chi connectivity index (χ4v) is 4.13. The van der Waals surface area contributed by atoms with Crippen molar-refractivity contribution in [2.24, 2.45) is 0 Å². The third kappa shape index (κ3) is 4.79. The summed E-state index contributed by atoms with van der Waals surface area (Å²) in [5.74, 6) is -0.494. The van der Waals surface area contributed by atoms with Gasteiger partial charge in [-0.1, -0.05) is 42.5 Å². The Morgan fingerprint density at radius 3 is 2.59 bits per heavy atom. The van der Waals surface area contributed by atoms with Crippen molar-refractivity contribution in [2.75, 3.05) is 17.2 Å². The fraction of sp³-hybridized carbons (Fsp3) is 0.318. The number of ether oxygens (including phenoxy) is 1. The molecule has 0 radical (unpaired) electrons. The first-order valence-corrected chi connectivity index (χ1v) is 10.7. The van der Waals surface area contributed by atoms with Gasteiger partial charge in [0.05, 0.1) is 17.9 Å². The van der Waals surface area contributed by atoms with Crippen LogP contribution in [0.15, 0.2) is 59.5 Å². The minimum Gasteiger partial charge on any atom is -0.447 e. The Labute approximate surface area is 173 Å². The average Bonchev–Trinajstić information content (AvgIpc) is 3.56. The van der Waals surface area contributed by atoms with Crippen LogP contribution in [-0.4, -0.2) is 36.1 Å². The molecule has 7 heteroatoms. The van der Waals surface area contributed by atoms with Crippen molar-refractivity contribution < 1.29 is 19.1 Å². The number of nitrogens with zero attached hydrogens (tertiary/aromatic N) is 1. The molecule has 2 amide bonds. The first kappa shape index (κ1) is 19.5. The first-order valence-electron chi connectivity index (χ1n) is 9.69. The zero-order chi connectivity index (χ0) is 20.2. The molecular formula is C22H22N2O4S. The maximum Gasteiger partial charge on any atom is 0.308 e. The predicted molar refractivity (Wildman–Crippen MR) is 111 cm³/mol. The standard InChI is InChI=1S/C22H22N2O4S/c25-19-14-29-18-9-5-4-8-17(18)24(19)13-12-20(26)28-21(15-6-2-1-3-7-15)22(27)23-16-10-11-16/h1-9,16,21H,10-14H2,(H,23,27)/t21-/m1/s1. The molecule has 1 saturated carbocycles. The van der Waals surface area contributed by atoms with Crippen LogP contribution < -0.4 is 10.2 Å². The Hall–Kier alpha value is -2.80. The van der Waals surface area contributed by atoms with Crippen molar-refractivity contribution in [1.82, 2.24) is 5.32 Å². The van der Waals surface area contributed by atoms with Crippen LogP contribution >= 0.6 is 11.8 Å². The number of thioether (sulfide) groups is 1. The van der Waals surface area contributed by atoms with Gasteiger partial charge in [0.25, 0.3) is 5.91 Å². The molecule has 1 atom stereocenters. The molecule has 2 aromatic carbocycles. The second-order valence-corrected chi connectivity index (χ2v) is 8.13.